The Morgan fingerprint density at radius 3 is 2.83 bits per heavy atom. The molecule has 7 heteroatoms. The van der Waals surface area contributed by atoms with E-state index in [0.29, 0.717) is 19.1 Å². The largest absolute Gasteiger partial charge is 0.368 e. The maximum atomic E-state index is 12.2. The lowest BCUT2D eigenvalue weighted by molar-refractivity contribution is -0.124. The van der Waals surface area contributed by atoms with E-state index in [2.05, 4.69) is 20.9 Å². The van der Waals surface area contributed by atoms with Gasteiger partial charge in [0.15, 0.2) is 5.96 Å². The number of benzene rings is 2. The van der Waals surface area contributed by atoms with Gasteiger partial charge in [0.1, 0.15) is 6.10 Å². The van der Waals surface area contributed by atoms with Crippen LogP contribution in [-0.2, 0) is 22.5 Å². The highest BCUT2D eigenvalue weighted by Crippen LogP contribution is 2.16. The molecule has 1 heterocycles. The third kappa shape index (κ3) is 6.48. The van der Waals surface area contributed by atoms with Gasteiger partial charge in [-0.2, -0.15) is 0 Å². The van der Waals surface area contributed by atoms with Gasteiger partial charge in [-0.3, -0.25) is 9.79 Å². The van der Waals surface area contributed by atoms with Crippen LogP contribution in [0.15, 0.2) is 53.5 Å². The van der Waals surface area contributed by atoms with E-state index in [0.717, 1.165) is 47.6 Å². The number of guanidine groups is 1. The molecule has 1 fully saturated rings. The van der Waals surface area contributed by atoms with Gasteiger partial charge in [-0.15, -0.1) is 0 Å². The molecule has 154 valence electrons. The van der Waals surface area contributed by atoms with Crippen LogP contribution >= 0.6 is 11.6 Å². The first-order chi connectivity index (χ1) is 14.2. The van der Waals surface area contributed by atoms with Crippen LogP contribution in [0.25, 0.3) is 0 Å². The predicted molar refractivity (Wildman–Crippen MR) is 117 cm³/mol. The second kappa shape index (κ2) is 10.8. The Hall–Kier alpha value is -2.57. The van der Waals surface area contributed by atoms with E-state index in [1.165, 1.54) is 0 Å². The summed E-state index contributed by atoms with van der Waals surface area (Å²) in [4.78, 5) is 16.5. The normalized spacial score (nSPS) is 16.5. The topological polar surface area (TPSA) is 74.8 Å². The van der Waals surface area contributed by atoms with Crippen LogP contribution in [0, 0.1) is 0 Å². The summed E-state index contributed by atoms with van der Waals surface area (Å²) in [5, 5.41) is 10.3. The Labute approximate surface area is 176 Å². The molecule has 0 radical (unpaired) electrons. The van der Waals surface area contributed by atoms with Crippen LogP contribution in [0.2, 0.25) is 5.02 Å². The van der Waals surface area contributed by atoms with Crippen LogP contribution < -0.4 is 16.0 Å². The smallest absolute Gasteiger partial charge is 0.253 e. The molecular weight excluding hydrogens is 388 g/mol. The van der Waals surface area contributed by atoms with Gasteiger partial charge >= 0.3 is 0 Å². The molecule has 6 nitrogen and oxygen atoms in total. The van der Waals surface area contributed by atoms with Crippen molar-refractivity contribution in [1.29, 1.82) is 0 Å². The van der Waals surface area contributed by atoms with Gasteiger partial charge < -0.3 is 20.7 Å². The van der Waals surface area contributed by atoms with Gasteiger partial charge in [-0.05, 0) is 48.6 Å². The van der Waals surface area contributed by atoms with E-state index >= 15 is 0 Å². The number of aliphatic imine (C=N–C) groups is 1. The fraction of sp³-hybridized carbons (Fsp3) is 0.364. The fourth-order valence-corrected chi connectivity index (χ4v) is 3.42. The number of nitrogens with zero attached hydrogens (tertiary/aromatic N) is 1. The number of rotatable bonds is 7. The Morgan fingerprint density at radius 2 is 2.07 bits per heavy atom. The van der Waals surface area contributed by atoms with Crippen LogP contribution in [0.5, 0.6) is 0 Å². The summed E-state index contributed by atoms with van der Waals surface area (Å²) in [6.07, 6.45) is 2.19. The number of hydrogen-bond acceptors (Lipinski definition) is 3. The summed E-state index contributed by atoms with van der Waals surface area (Å²) in [6, 6.07) is 15.6. The number of carbonyl (C=O) groups is 1. The first-order valence-electron chi connectivity index (χ1n) is 9.85. The van der Waals surface area contributed by atoms with Crippen molar-refractivity contribution in [3.05, 3.63) is 64.7 Å². The molecule has 0 aliphatic carbocycles. The minimum Gasteiger partial charge on any atom is -0.368 e. The van der Waals surface area contributed by atoms with E-state index in [4.69, 9.17) is 16.3 Å². The molecular formula is C22H27ClN4O2. The van der Waals surface area contributed by atoms with Crippen LogP contribution in [0.1, 0.15) is 24.0 Å². The van der Waals surface area contributed by atoms with Crippen LogP contribution in [-0.4, -0.2) is 38.2 Å². The summed E-state index contributed by atoms with van der Waals surface area (Å²) < 4.78 is 5.43. The maximum Gasteiger partial charge on any atom is 0.253 e. The highest BCUT2D eigenvalue weighted by Gasteiger charge is 2.23. The van der Waals surface area contributed by atoms with Crippen molar-refractivity contribution in [2.45, 2.75) is 31.9 Å². The summed E-state index contributed by atoms with van der Waals surface area (Å²) >= 11 is 6.20. The molecule has 29 heavy (non-hydrogen) atoms. The summed E-state index contributed by atoms with van der Waals surface area (Å²) in [6.45, 7) is 1.97. The molecule has 1 aliphatic heterocycles. The van der Waals surface area contributed by atoms with Crippen molar-refractivity contribution >= 4 is 29.2 Å². The molecule has 1 aliphatic rings. The summed E-state index contributed by atoms with van der Waals surface area (Å²) in [5.41, 5.74) is 2.92. The van der Waals surface area contributed by atoms with Crippen molar-refractivity contribution in [2.75, 3.05) is 25.5 Å². The summed E-state index contributed by atoms with van der Waals surface area (Å²) in [5.74, 6) is 0.635. The number of nitrogens with one attached hydrogen (secondary N) is 3. The van der Waals surface area contributed by atoms with Crippen LogP contribution in [0.3, 0.4) is 0 Å². The molecule has 0 bridgehead atoms. The molecule has 3 rings (SSSR count). The lowest BCUT2D eigenvalue weighted by Crippen LogP contribution is -2.37. The van der Waals surface area contributed by atoms with E-state index in [1.54, 1.807) is 7.05 Å². The van der Waals surface area contributed by atoms with Gasteiger partial charge in [0.25, 0.3) is 5.91 Å². The molecule has 0 saturated carbocycles. The van der Waals surface area contributed by atoms with Crippen molar-refractivity contribution in [2.24, 2.45) is 4.99 Å². The molecule has 0 spiro atoms. The highest BCUT2D eigenvalue weighted by atomic mass is 35.5. The molecule has 1 atom stereocenters. The molecule has 2 aromatic carbocycles. The van der Waals surface area contributed by atoms with E-state index in [-0.39, 0.29) is 12.0 Å². The average Bonchev–Trinajstić information content (AvgIpc) is 3.27. The third-order valence-corrected chi connectivity index (χ3v) is 5.11. The average molecular weight is 415 g/mol. The Balaban J connectivity index is 1.46. The number of anilines is 1. The van der Waals surface area contributed by atoms with E-state index in [1.807, 2.05) is 48.5 Å². The Bertz CT molecular complexity index is 850. The van der Waals surface area contributed by atoms with Crippen molar-refractivity contribution in [3.63, 3.8) is 0 Å². The molecule has 2 aromatic rings. The highest BCUT2D eigenvalue weighted by molar-refractivity contribution is 6.31. The minimum absolute atomic E-state index is 0.0790. The Kier molecular flexibility index (Phi) is 7.90. The van der Waals surface area contributed by atoms with Gasteiger partial charge in [0.2, 0.25) is 0 Å². The van der Waals surface area contributed by atoms with E-state index < -0.39 is 0 Å². The zero-order valence-electron chi connectivity index (χ0n) is 16.6. The van der Waals surface area contributed by atoms with Gasteiger partial charge in [-0.25, -0.2) is 0 Å². The van der Waals surface area contributed by atoms with Crippen LogP contribution in [0.4, 0.5) is 5.69 Å². The van der Waals surface area contributed by atoms with Gasteiger partial charge in [0.05, 0.1) is 0 Å². The Morgan fingerprint density at radius 1 is 1.21 bits per heavy atom. The first kappa shape index (κ1) is 21.1. The van der Waals surface area contributed by atoms with Gasteiger partial charge in [0, 0.05) is 37.5 Å². The minimum atomic E-state index is -0.335. The fourth-order valence-electron chi connectivity index (χ4n) is 3.19. The lowest BCUT2D eigenvalue weighted by Gasteiger charge is -2.14. The van der Waals surface area contributed by atoms with E-state index in [9.17, 15) is 4.79 Å². The van der Waals surface area contributed by atoms with Gasteiger partial charge in [-0.1, -0.05) is 41.9 Å². The first-order valence-corrected chi connectivity index (χ1v) is 10.2. The second-order valence-electron chi connectivity index (χ2n) is 6.89. The SMILES string of the molecule is CN=C(NCCc1ccccc1Cl)NCc1cccc(NC(=O)C2CCCO2)c1. The quantitative estimate of drug-likeness (QED) is 0.479. The number of halogens is 1. The van der Waals surface area contributed by atoms with Crippen molar-refractivity contribution in [3.8, 4) is 0 Å². The second-order valence-corrected chi connectivity index (χ2v) is 7.29. The molecule has 1 amide bonds. The predicted octanol–water partition coefficient (Wildman–Crippen LogP) is 3.37. The number of carbonyl (C=O) groups excluding carboxylic acids is 1. The lowest BCUT2D eigenvalue weighted by atomic mass is 10.1. The number of ether oxygens (including phenoxy) is 1. The zero-order valence-corrected chi connectivity index (χ0v) is 17.3. The third-order valence-electron chi connectivity index (χ3n) is 4.74. The summed E-state index contributed by atoms with van der Waals surface area (Å²) in [7, 11) is 1.74. The molecule has 0 aromatic heterocycles. The molecule has 3 N–H and O–H groups in total. The number of amides is 1. The van der Waals surface area contributed by atoms with Crippen molar-refractivity contribution in [1.82, 2.24) is 10.6 Å². The maximum absolute atomic E-state index is 12.2. The monoisotopic (exact) mass is 414 g/mol. The standard InChI is InChI=1S/C22H27ClN4O2/c1-24-22(25-12-11-17-7-2-3-9-19(17)23)26-15-16-6-4-8-18(14-16)27-21(28)20-10-5-13-29-20/h2-4,6-9,14,20H,5,10-13,15H2,1H3,(H,27,28)(H2,24,25,26). The van der Waals surface area contributed by atoms with Crippen molar-refractivity contribution < 1.29 is 9.53 Å². The molecule has 1 unspecified atom stereocenters. The molecule has 1 saturated heterocycles. The zero-order chi connectivity index (χ0) is 20.5. The number of hydrogen-bond donors (Lipinski definition) is 3.